The lowest BCUT2D eigenvalue weighted by Gasteiger charge is -2.06. The van der Waals surface area contributed by atoms with E-state index in [1.807, 2.05) is 0 Å². The number of alkyl halides is 1. The fourth-order valence-corrected chi connectivity index (χ4v) is 2.07. The van der Waals surface area contributed by atoms with Gasteiger partial charge in [-0.05, 0) is 44.9 Å². The number of rotatable bonds is 0. The maximum Gasteiger partial charge on any atom is 0.0325 e. The van der Waals surface area contributed by atoms with Crippen molar-refractivity contribution in [3.8, 4) is 0 Å². The standard InChI is InChI=1S/C6H9Br.C6H10/c7-6-4-2-1-3-5-6;1-2-4-6-5-3-1/h2,4,6H,1,3,5H2;1-2H,3-6H2. The normalized spacial score (nSPS) is 26.4. The number of halogens is 1. The molecule has 0 radical (unpaired) electrons. The number of allylic oxidation sites excluding steroid dienone is 4. The van der Waals surface area contributed by atoms with E-state index in [0.29, 0.717) is 4.83 Å². The molecule has 0 nitrogen and oxygen atoms in total. The molecule has 1 atom stereocenters. The van der Waals surface area contributed by atoms with Crippen LogP contribution in [0.15, 0.2) is 24.3 Å². The minimum Gasteiger partial charge on any atom is -0.0885 e. The second-order valence-electron chi connectivity index (χ2n) is 3.63. The van der Waals surface area contributed by atoms with Crippen molar-refractivity contribution in [2.75, 3.05) is 0 Å². The molecule has 74 valence electrons. The Morgan fingerprint density at radius 1 is 0.846 bits per heavy atom. The minimum atomic E-state index is 0.668. The third kappa shape index (κ3) is 6.09. The third-order valence-electron chi connectivity index (χ3n) is 2.35. The van der Waals surface area contributed by atoms with Gasteiger partial charge in [-0.1, -0.05) is 40.2 Å². The Kier molecular flexibility index (Phi) is 6.26. The Hall–Kier alpha value is -0.0400. The van der Waals surface area contributed by atoms with E-state index in [1.54, 1.807) is 0 Å². The lowest BCUT2D eigenvalue weighted by Crippen LogP contribution is -1.95. The van der Waals surface area contributed by atoms with Crippen molar-refractivity contribution in [2.24, 2.45) is 0 Å². The Morgan fingerprint density at radius 2 is 1.46 bits per heavy atom. The highest BCUT2D eigenvalue weighted by Gasteiger charge is 2.00. The van der Waals surface area contributed by atoms with Gasteiger partial charge in [-0.2, -0.15) is 0 Å². The van der Waals surface area contributed by atoms with E-state index in [1.165, 1.54) is 44.9 Å². The van der Waals surface area contributed by atoms with Gasteiger partial charge in [-0.3, -0.25) is 0 Å². The average Bonchev–Trinajstić information content (AvgIpc) is 2.22. The second kappa shape index (κ2) is 7.37. The molecule has 0 bridgehead atoms. The van der Waals surface area contributed by atoms with E-state index >= 15 is 0 Å². The molecule has 0 N–H and O–H groups in total. The second-order valence-corrected chi connectivity index (χ2v) is 4.81. The summed E-state index contributed by atoms with van der Waals surface area (Å²) in [6, 6.07) is 0. The molecule has 0 saturated heterocycles. The van der Waals surface area contributed by atoms with E-state index in [2.05, 4.69) is 40.2 Å². The molecule has 0 aromatic carbocycles. The first-order valence-electron chi connectivity index (χ1n) is 5.35. The van der Waals surface area contributed by atoms with Gasteiger partial charge in [-0.15, -0.1) is 0 Å². The van der Waals surface area contributed by atoms with Crippen LogP contribution in [0.3, 0.4) is 0 Å². The molecule has 0 heterocycles. The Balaban J connectivity index is 0.000000132. The van der Waals surface area contributed by atoms with Crippen LogP contribution < -0.4 is 0 Å². The fourth-order valence-electron chi connectivity index (χ4n) is 1.53. The zero-order chi connectivity index (χ0) is 9.36. The monoisotopic (exact) mass is 242 g/mol. The summed E-state index contributed by atoms with van der Waals surface area (Å²) in [5.41, 5.74) is 0. The summed E-state index contributed by atoms with van der Waals surface area (Å²) in [5.74, 6) is 0. The lowest BCUT2D eigenvalue weighted by atomic mass is 10.1. The molecule has 0 aliphatic heterocycles. The molecule has 0 aromatic rings. The smallest absolute Gasteiger partial charge is 0.0325 e. The molecule has 0 aromatic heterocycles. The summed E-state index contributed by atoms with van der Waals surface area (Å²) in [5, 5.41) is 0. The van der Waals surface area contributed by atoms with E-state index in [0.717, 1.165) is 0 Å². The topological polar surface area (TPSA) is 0 Å². The first-order valence-corrected chi connectivity index (χ1v) is 6.27. The van der Waals surface area contributed by atoms with Crippen molar-refractivity contribution in [1.29, 1.82) is 0 Å². The van der Waals surface area contributed by atoms with Crippen LogP contribution in [0.2, 0.25) is 0 Å². The van der Waals surface area contributed by atoms with Gasteiger partial charge in [0.1, 0.15) is 0 Å². The highest BCUT2D eigenvalue weighted by Crippen LogP contribution is 2.16. The first-order chi connectivity index (χ1) is 6.39. The van der Waals surface area contributed by atoms with Gasteiger partial charge >= 0.3 is 0 Å². The van der Waals surface area contributed by atoms with Crippen LogP contribution in [-0.2, 0) is 0 Å². The number of hydrogen-bond donors (Lipinski definition) is 0. The van der Waals surface area contributed by atoms with Crippen LogP contribution in [0, 0.1) is 0 Å². The molecule has 0 amide bonds. The zero-order valence-corrected chi connectivity index (χ0v) is 9.80. The maximum absolute atomic E-state index is 3.50. The van der Waals surface area contributed by atoms with Crippen molar-refractivity contribution in [3.63, 3.8) is 0 Å². The summed E-state index contributed by atoms with van der Waals surface area (Å²) < 4.78 is 0. The molecule has 0 spiro atoms. The van der Waals surface area contributed by atoms with Gasteiger partial charge in [0.15, 0.2) is 0 Å². The molecule has 2 aliphatic carbocycles. The van der Waals surface area contributed by atoms with Gasteiger partial charge in [0.05, 0.1) is 0 Å². The third-order valence-corrected chi connectivity index (χ3v) is 3.12. The minimum absolute atomic E-state index is 0.668. The quantitative estimate of drug-likeness (QED) is 0.430. The largest absolute Gasteiger partial charge is 0.0885 e. The molecule has 2 rings (SSSR count). The SMILES string of the molecule is BrC1C=CCCC1.C1=CCCCC1. The first kappa shape index (κ1) is 11.0. The van der Waals surface area contributed by atoms with E-state index in [9.17, 15) is 0 Å². The maximum atomic E-state index is 3.50. The summed E-state index contributed by atoms with van der Waals surface area (Å²) in [6.45, 7) is 0. The van der Waals surface area contributed by atoms with Crippen molar-refractivity contribution in [1.82, 2.24) is 0 Å². The molecule has 1 unspecified atom stereocenters. The van der Waals surface area contributed by atoms with Gasteiger partial charge in [0.2, 0.25) is 0 Å². The summed E-state index contributed by atoms with van der Waals surface area (Å²) in [6.07, 6.45) is 18.4. The van der Waals surface area contributed by atoms with E-state index in [4.69, 9.17) is 0 Å². The number of hydrogen-bond acceptors (Lipinski definition) is 0. The summed E-state index contributed by atoms with van der Waals surface area (Å²) in [4.78, 5) is 0.668. The van der Waals surface area contributed by atoms with Crippen LogP contribution in [0.25, 0.3) is 0 Å². The molecule has 1 heteroatoms. The average molecular weight is 243 g/mol. The molecule has 0 saturated carbocycles. The predicted octanol–water partition coefficient (Wildman–Crippen LogP) is 4.61. The van der Waals surface area contributed by atoms with Gasteiger partial charge in [-0.25, -0.2) is 0 Å². The van der Waals surface area contributed by atoms with Crippen molar-refractivity contribution >= 4 is 15.9 Å². The zero-order valence-electron chi connectivity index (χ0n) is 8.21. The Labute approximate surface area is 90.2 Å². The van der Waals surface area contributed by atoms with E-state index < -0.39 is 0 Å². The van der Waals surface area contributed by atoms with Crippen LogP contribution in [0.5, 0.6) is 0 Å². The van der Waals surface area contributed by atoms with Crippen molar-refractivity contribution in [3.05, 3.63) is 24.3 Å². The fraction of sp³-hybridized carbons (Fsp3) is 0.667. The Bertz CT molecular complexity index is 162. The predicted molar refractivity (Wildman–Crippen MR) is 63.3 cm³/mol. The van der Waals surface area contributed by atoms with Crippen molar-refractivity contribution in [2.45, 2.75) is 49.8 Å². The molecule has 13 heavy (non-hydrogen) atoms. The van der Waals surface area contributed by atoms with Crippen LogP contribution in [0.1, 0.15) is 44.9 Å². The lowest BCUT2D eigenvalue weighted by molar-refractivity contribution is 0.730. The molecular weight excluding hydrogens is 224 g/mol. The highest BCUT2D eigenvalue weighted by molar-refractivity contribution is 9.09. The summed E-state index contributed by atoms with van der Waals surface area (Å²) >= 11 is 3.50. The van der Waals surface area contributed by atoms with E-state index in [-0.39, 0.29) is 0 Å². The van der Waals surface area contributed by atoms with Gasteiger partial charge < -0.3 is 0 Å². The highest BCUT2D eigenvalue weighted by atomic mass is 79.9. The van der Waals surface area contributed by atoms with Gasteiger partial charge in [0.25, 0.3) is 0 Å². The Morgan fingerprint density at radius 3 is 1.69 bits per heavy atom. The molecule has 2 aliphatic rings. The molecule has 0 fully saturated rings. The van der Waals surface area contributed by atoms with Crippen LogP contribution in [0.4, 0.5) is 0 Å². The van der Waals surface area contributed by atoms with Crippen LogP contribution >= 0.6 is 15.9 Å². The van der Waals surface area contributed by atoms with Crippen molar-refractivity contribution < 1.29 is 0 Å². The van der Waals surface area contributed by atoms with Crippen LogP contribution in [-0.4, -0.2) is 4.83 Å². The summed E-state index contributed by atoms with van der Waals surface area (Å²) in [7, 11) is 0. The molecular formula is C12H19Br. The van der Waals surface area contributed by atoms with Gasteiger partial charge in [0, 0.05) is 4.83 Å².